The zero-order valence-corrected chi connectivity index (χ0v) is 62.0. The van der Waals surface area contributed by atoms with Gasteiger partial charge in [0.05, 0.1) is 6.54 Å². The first-order valence-corrected chi connectivity index (χ1v) is 36.3. The van der Waals surface area contributed by atoms with Crippen molar-refractivity contribution in [1.29, 1.82) is 0 Å². The van der Waals surface area contributed by atoms with Gasteiger partial charge >= 0.3 is 0 Å². The van der Waals surface area contributed by atoms with Crippen molar-refractivity contribution >= 4 is 119 Å². The lowest BCUT2D eigenvalue weighted by atomic mass is 10.0. The highest BCUT2D eigenvalue weighted by atomic mass is 32.1. The lowest BCUT2D eigenvalue weighted by molar-refractivity contribution is -0.141. The minimum absolute atomic E-state index is 0.0111. The number of hydrogen-bond donors (Lipinski definition) is 26. The van der Waals surface area contributed by atoms with Crippen molar-refractivity contribution in [2.75, 3.05) is 77.7 Å². The normalized spacial score (nSPS) is 18.5. The number of carbonyl (C=O) groups excluding carboxylic acids is 12. The zero-order chi connectivity index (χ0) is 80.2. The molecule has 1 rings (SSSR count). The fourth-order valence-electron chi connectivity index (χ4n) is 10.6. The van der Waals surface area contributed by atoms with Gasteiger partial charge in [-0.15, -0.1) is 0 Å². The summed E-state index contributed by atoms with van der Waals surface area (Å²) in [7, 11) is 0. The molecule has 0 bridgehead atoms. The highest BCUT2D eigenvalue weighted by molar-refractivity contribution is 7.80. The molecule has 12 amide bonds. The average Bonchev–Trinajstić information content (AvgIpc) is 0.862. The van der Waals surface area contributed by atoms with Crippen molar-refractivity contribution in [2.24, 2.45) is 116 Å². The lowest BCUT2D eigenvalue weighted by Crippen LogP contribution is -2.60. The number of amides is 12. The number of rotatable bonds is 43. The summed E-state index contributed by atoms with van der Waals surface area (Å²) in [6.07, 6.45) is 1.84. The van der Waals surface area contributed by atoms with Gasteiger partial charge < -0.3 is 144 Å². The maximum atomic E-state index is 15.4. The zero-order valence-electron chi connectivity index (χ0n) is 61.1. The van der Waals surface area contributed by atoms with Gasteiger partial charge in [-0.3, -0.25) is 87.5 Å². The monoisotopic (exact) mass is 1540 g/mol. The van der Waals surface area contributed by atoms with Gasteiger partial charge in [-0.2, -0.15) is 12.6 Å². The van der Waals surface area contributed by atoms with Crippen LogP contribution in [0.25, 0.3) is 0 Å². The summed E-state index contributed by atoms with van der Waals surface area (Å²) in [5, 5.41) is 26.7. The molecule has 0 saturated carbocycles. The maximum absolute atomic E-state index is 15.4. The second kappa shape index (κ2) is 55.0. The van der Waals surface area contributed by atoms with Gasteiger partial charge in [0.2, 0.25) is 70.9 Å². The van der Waals surface area contributed by atoms with Crippen LogP contribution < -0.4 is 139 Å². The summed E-state index contributed by atoms with van der Waals surface area (Å²) in [4.78, 5) is 196. The quantitative estimate of drug-likeness (QED) is 0.0117. The van der Waals surface area contributed by atoms with E-state index in [4.69, 9.17) is 86.0 Å². The van der Waals surface area contributed by atoms with Gasteiger partial charge in [0.1, 0.15) is 54.4 Å². The van der Waals surface area contributed by atoms with Crippen LogP contribution in [0.3, 0.4) is 0 Å². The standard InChI is InChI=1S/C62H120N32O12S/c63-24-6-4-14-38-51(101)88-39(15-5-7-25-64)52(102)90-41(19-11-29-82-60(72)73)54(104)92-43(21-13-31-84-62(76)77)56(106)94(33-32-78-45(95)22-2-1-3-23-46(96)85-36(49(99)87-38)16-8-26-79-57(66)67)34-47(97)86-37(17-9-27-80-58(68)69)50(100)89-40(18-10-28-81-59(70)71)53(103)91-42(20-12-30-83-61(74)75)55(105)93-44(35-107)48(65)98/h36-44,107H,1-35,63-64H2,(H2,65,98)(H,78,95)(H,85,96)(H,86,97)(H,87,99)(H,88,101)(H,89,100)(H,90,102)(H,91,103)(H,92,104)(H,93,105)(H4,66,67,79)(H4,68,69,80)(H4,70,71,81)(H4,72,73,82)(H4,74,75,83)(H4,76,77,84)/t36-,37-,38-,39-,40-,41-,42-,43-,44-/m0/s1. The second-order valence-corrected chi connectivity index (χ2v) is 25.6. The Hall–Kier alpha value is -10.5. The Morgan fingerprint density at radius 1 is 0.402 bits per heavy atom. The molecule has 0 radical (unpaired) electrons. The van der Waals surface area contributed by atoms with Crippen molar-refractivity contribution in [3.8, 4) is 0 Å². The van der Waals surface area contributed by atoms with Gasteiger partial charge in [-0.1, -0.05) is 6.42 Å². The molecule has 606 valence electrons. The van der Waals surface area contributed by atoms with Gasteiger partial charge in [0.25, 0.3) is 0 Å². The molecule has 0 aliphatic carbocycles. The summed E-state index contributed by atoms with van der Waals surface area (Å²) in [5.74, 6) is -11.8. The van der Waals surface area contributed by atoms with Crippen LogP contribution in [0.2, 0.25) is 0 Å². The summed E-state index contributed by atoms with van der Waals surface area (Å²) in [6, 6.07) is -12.6. The van der Waals surface area contributed by atoms with Gasteiger partial charge in [-0.25, -0.2) is 0 Å². The topological polar surface area (TPSA) is 793 Å². The number of guanidine groups is 6. The summed E-state index contributed by atoms with van der Waals surface area (Å²) in [5.41, 5.74) is 84.2. The Bertz CT molecular complexity index is 3010. The molecule has 1 heterocycles. The largest absolute Gasteiger partial charge is 0.370 e. The first-order chi connectivity index (χ1) is 50.8. The number of hydrogen-bond acceptors (Lipinski definition) is 21. The molecule has 44 nitrogen and oxygen atoms in total. The molecule has 1 aliphatic rings. The van der Waals surface area contributed by atoms with Crippen molar-refractivity contribution in [2.45, 2.75) is 202 Å². The van der Waals surface area contributed by atoms with E-state index in [1.807, 2.05) is 0 Å². The molecule has 0 aromatic carbocycles. The molecule has 45 heteroatoms. The number of thiol groups is 1. The van der Waals surface area contributed by atoms with E-state index in [0.717, 1.165) is 4.90 Å². The molecule has 1 saturated heterocycles. The molecule has 0 aromatic heterocycles. The third kappa shape index (κ3) is 44.2. The van der Waals surface area contributed by atoms with Crippen LogP contribution in [0, 0.1) is 0 Å². The number of nitrogens with two attached hydrogens (primary N) is 15. The Morgan fingerprint density at radius 3 is 1.07 bits per heavy atom. The minimum atomic E-state index is -1.57. The number of aliphatic imine (C=N–C) groups is 6. The van der Waals surface area contributed by atoms with Crippen molar-refractivity contribution in [3.63, 3.8) is 0 Å². The van der Waals surface area contributed by atoms with Crippen molar-refractivity contribution in [3.05, 3.63) is 0 Å². The van der Waals surface area contributed by atoms with Gasteiger partial charge in [-0.05, 0) is 142 Å². The van der Waals surface area contributed by atoms with E-state index < -0.39 is 138 Å². The first-order valence-electron chi connectivity index (χ1n) is 35.7. The minimum Gasteiger partial charge on any atom is -0.370 e. The fourth-order valence-corrected chi connectivity index (χ4v) is 10.9. The first kappa shape index (κ1) is 94.5. The number of unbranched alkanes of at least 4 members (excludes halogenated alkanes) is 2. The van der Waals surface area contributed by atoms with Gasteiger partial charge in [0, 0.05) is 71.0 Å². The predicted molar refractivity (Wildman–Crippen MR) is 408 cm³/mol. The van der Waals surface area contributed by atoms with E-state index in [-0.39, 0.29) is 222 Å². The number of nitrogens with one attached hydrogen (secondary N) is 10. The number of carbonyl (C=O) groups is 12. The molecule has 107 heavy (non-hydrogen) atoms. The van der Waals surface area contributed by atoms with Crippen LogP contribution in [0.5, 0.6) is 0 Å². The molecule has 0 spiro atoms. The van der Waals surface area contributed by atoms with Crippen molar-refractivity contribution in [1.82, 2.24) is 58.1 Å². The third-order valence-electron chi connectivity index (χ3n) is 16.1. The SMILES string of the molecule is NCCCC[C@@H]1NC(=O)[C@H](CCCN=C(N)N)NC(=O)CCCCCC(=O)NCCN(CC(=O)N[C@@H](CCCN=C(N)N)C(=O)N[C@@H](CCCN=C(N)N)C(=O)N[C@@H](CCCN=C(N)N)C(=O)N[C@@H](CS)C(N)=O)C(=O)[C@H](CCCN=C(N)N)NC(=O)[C@H](CCCN=C(N)N)NC(=O)[C@H](CCCCN)NC1=O. The number of nitrogens with zero attached hydrogens (tertiary/aromatic N) is 7. The second-order valence-electron chi connectivity index (χ2n) is 25.2. The molecule has 0 aromatic rings. The Morgan fingerprint density at radius 2 is 0.720 bits per heavy atom. The molecule has 0 unspecified atom stereocenters. The third-order valence-corrected chi connectivity index (χ3v) is 16.5. The fraction of sp³-hybridized carbons (Fsp3) is 0.710. The average molecular weight is 1540 g/mol. The molecule has 1 fully saturated rings. The van der Waals surface area contributed by atoms with E-state index in [1.165, 1.54) is 0 Å². The van der Waals surface area contributed by atoms with Crippen LogP contribution in [0.15, 0.2) is 30.0 Å². The Labute approximate surface area is 628 Å². The molecule has 9 atom stereocenters. The molecule has 1 aliphatic heterocycles. The van der Waals surface area contributed by atoms with Gasteiger partial charge in [0.15, 0.2) is 35.8 Å². The molecule has 40 N–H and O–H groups in total. The Kier molecular flexibility index (Phi) is 48.6. The molecular weight excluding hydrogens is 1420 g/mol. The van der Waals surface area contributed by atoms with Crippen LogP contribution in [0.4, 0.5) is 0 Å². The summed E-state index contributed by atoms with van der Waals surface area (Å²) >= 11 is 4.10. The van der Waals surface area contributed by atoms with Crippen LogP contribution in [-0.4, -0.2) is 244 Å². The summed E-state index contributed by atoms with van der Waals surface area (Å²) < 4.78 is 0. The van der Waals surface area contributed by atoms with E-state index in [2.05, 4.69) is 95.8 Å². The van der Waals surface area contributed by atoms with E-state index >= 15 is 4.79 Å². The Balaban J connectivity index is 4.24. The predicted octanol–water partition coefficient (Wildman–Crippen LogP) is -10.7. The van der Waals surface area contributed by atoms with Crippen LogP contribution in [0.1, 0.15) is 148 Å². The lowest BCUT2D eigenvalue weighted by Gasteiger charge is -2.30. The molecular formula is C62H120N32O12S. The smallest absolute Gasteiger partial charge is 0.245 e. The van der Waals surface area contributed by atoms with E-state index in [1.54, 1.807) is 0 Å². The van der Waals surface area contributed by atoms with Crippen LogP contribution >= 0.6 is 12.6 Å². The highest BCUT2D eigenvalue weighted by Crippen LogP contribution is 2.14. The maximum Gasteiger partial charge on any atom is 0.245 e. The highest BCUT2D eigenvalue weighted by Gasteiger charge is 2.36. The van der Waals surface area contributed by atoms with Crippen molar-refractivity contribution < 1.29 is 57.5 Å². The van der Waals surface area contributed by atoms with Crippen LogP contribution in [-0.2, 0) is 57.5 Å². The van der Waals surface area contributed by atoms with E-state index in [9.17, 15) is 52.7 Å². The van der Waals surface area contributed by atoms with E-state index in [0.29, 0.717) is 25.7 Å². The number of primary amides is 1. The summed E-state index contributed by atoms with van der Waals surface area (Å²) in [6.45, 7) is -1.29.